The lowest BCUT2D eigenvalue weighted by Crippen LogP contribution is -2.01. The van der Waals surface area contributed by atoms with Crippen LogP contribution in [-0.4, -0.2) is 11.7 Å². The van der Waals surface area contributed by atoms with Crippen LogP contribution in [0.25, 0.3) is 11.3 Å². The normalized spacial score (nSPS) is 14.2. The Labute approximate surface area is 74.5 Å². The molecule has 0 bridgehead atoms. The van der Waals surface area contributed by atoms with E-state index >= 15 is 0 Å². The van der Waals surface area contributed by atoms with Crippen molar-refractivity contribution < 1.29 is 8.94 Å². The second-order valence-corrected chi connectivity index (χ2v) is 3.00. The molecule has 13 heavy (non-hydrogen) atoms. The van der Waals surface area contributed by atoms with Crippen molar-refractivity contribution >= 4 is 5.69 Å². The summed E-state index contributed by atoms with van der Waals surface area (Å²) in [6.07, 6.45) is 4.21. The molecular formula is C9H8N2O2. The van der Waals surface area contributed by atoms with E-state index in [4.69, 9.17) is 8.94 Å². The van der Waals surface area contributed by atoms with Gasteiger partial charge in [-0.15, -0.1) is 0 Å². The molecule has 4 nitrogen and oxygen atoms in total. The highest BCUT2D eigenvalue weighted by atomic mass is 16.5. The third-order valence-corrected chi connectivity index (χ3v) is 2.22. The third-order valence-electron chi connectivity index (χ3n) is 2.22. The molecule has 0 radical (unpaired) electrons. The van der Waals surface area contributed by atoms with Gasteiger partial charge in [0, 0.05) is 19.0 Å². The van der Waals surface area contributed by atoms with Gasteiger partial charge in [0.1, 0.15) is 5.76 Å². The predicted molar refractivity (Wildman–Crippen MR) is 46.4 cm³/mol. The zero-order valence-electron chi connectivity index (χ0n) is 6.91. The van der Waals surface area contributed by atoms with E-state index < -0.39 is 0 Å². The minimum absolute atomic E-state index is 0.828. The average molecular weight is 176 g/mol. The van der Waals surface area contributed by atoms with Gasteiger partial charge < -0.3 is 14.3 Å². The number of nitrogens with one attached hydrogen (secondary N) is 1. The van der Waals surface area contributed by atoms with Crippen LogP contribution in [-0.2, 0) is 6.42 Å². The van der Waals surface area contributed by atoms with Crippen LogP contribution in [0.15, 0.2) is 27.5 Å². The van der Waals surface area contributed by atoms with E-state index in [0.29, 0.717) is 0 Å². The molecular weight excluding hydrogens is 168 g/mol. The lowest BCUT2D eigenvalue weighted by Gasteiger charge is -1.97. The monoisotopic (exact) mass is 176 g/mol. The summed E-state index contributed by atoms with van der Waals surface area (Å²) in [6, 6.07) is 1.91. The highest BCUT2D eigenvalue weighted by molar-refractivity contribution is 5.74. The number of anilines is 1. The molecule has 0 saturated carbocycles. The van der Waals surface area contributed by atoms with Crippen LogP contribution in [0.3, 0.4) is 0 Å². The zero-order valence-corrected chi connectivity index (χ0v) is 6.91. The molecule has 66 valence electrons. The Hall–Kier alpha value is -1.71. The van der Waals surface area contributed by atoms with E-state index in [1.165, 1.54) is 0 Å². The van der Waals surface area contributed by atoms with Crippen LogP contribution < -0.4 is 5.32 Å². The quantitative estimate of drug-likeness (QED) is 0.666. The third kappa shape index (κ3) is 0.884. The van der Waals surface area contributed by atoms with Gasteiger partial charge in [-0.2, -0.15) is 0 Å². The molecule has 3 heterocycles. The first-order valence-corrected chi connectivity index (χ1v) is 4.20. The SMILES string of the molecule is c1cc2c(o1)-c1cnoc1CCN2. The molecule has 2 aromatic rings. The van der Waals surface area contributed by atoms with E-state index in [1.54, 1.807) is 12.5 Å². The Morgan fingerprint density at radius 3 is 3.46 bits per heavy atom. The summed E-state index contributed by atoms with van der Waals surface area (Å²) < 4.78 is 10.5. The van der Waals surface area contributed by atoms with Crippen LogP contribution in [0.2, 0.25) is 0 Å². The summed E-state index contributed by atoms with van der Waals surface area (Å²) in [7, 11) is 0. The second-order valence-electron chi connectivity index (χ2n) is 3.00. The molecule has 0 atom stereocenters. The van der Waals surface area contributed by atoms with Gasteiger partial charge in [-0.3, -0.25) is 0 Å². The molecule has 1 aliphatic rings. The summed E-state index contributed by atoms with van der Waals surface area (Å²) in [4.78, 5) is 0. The molecule has 0 amide bonds. The fourth-order valence-electron chi connectivity index (χ4n) is 1.60. The van der Waals surface area contributed by atoms with E-state index in [9.17, 15) is 0 Å². The maximum atomic E-state index is 5.36. The molecule has 0 fully saturated rings. The molecule has 0 saturated heterocycles. The molecule has 4 heteroatoms. The summed E-state index contributed by atoms with van der Waals surface area (Å²) in [5.41, 5.74) is 1.98. The van der Waals surface area contributed by atoms with E-state index in [-0.39, 0.29) is 0 Å². The fourth-order valence-corrected chi connectivity index (χ4v) is 1.60. The van der Waals surface area contributed by atoms with Crippen molar-refractivity contribution in [2.45, 2.75) is 6.42 Å². The summed E-state index contributed by atoms with van der Waals surface area (Å²) in [5.74, 6) is 1.72. The van der Waals surface area contributed by atoms with Crippen molar-refractivity contribution in [3.05, 3.63) is 24.3 Å². The molecule has 1 N–H and O–H groups in total. The fraction of sp³-hybridized carbons (Fsp3) is 0.222. The minimum Gasteiger partial charge on any atom is -0.462 e. The zero-order chi connectivity index (χ0) is 8.67. The van der Waals surface area contributed by atoms with Crippen LogP contribution in [0.4, 0.5) is 5.69 Å². The number of hydrogen-bond donors (Lipinski definition) is 1. The first-order valence-electron chi connectivity index (χ1n) is 4.20. The average Bonchev–Trinajstić information content (AvgIpc) is 2.72. The van der Waals surface area contributed by atoms with Crippen molar-refractivity contribution in [2.75, 3.05) is 11.9 Å². The molecule has 1 aliphatic heterocycles. The van der Waals surface area contributed by atoms with Crippen LogP contribution in [0.1, 0.15) is 5.76 Å². The Balaban J connectivity index is 2.27. The van der Waals surface area contributed by atoms with Crippen molar-refractivity contribution in [2.24, 2.45) is 0 Å². The van der Waals surface area contributed by atoms with E-state index in [0.717, 1.165) is 35.7 Å². The maximum absolute atomic E-state index is 5.36. The molecule has 3 rings (SSSR count). The number of hydrogen-bond acceptors (Lipinski definition) is 4. The predicted octanol–water partition coefficient (Wildman–Crippen LogP) is 1.90. The smallest absolute Gasteiger partial charge is 0.162 e. The van der Waals surface area contributed by atoms with Gasteiger partial charge in [0.2, 0.25) is 0 Å². The maximum Gasteiger partial charge on any atom is 0.162 e. The Morgan fingerprint density at radius 1 is 1.46 bits per heavy atom. The van der Waals surface area contributed by atoms with Crippen LogP contribution in [0.5, 0.6) is 0 Å². The number of furan rings is 1. The van der Waals surface area contributed by atoms with Crippen molar-refractivity contribution in [3.63, 3.8) is 0 Å². The molecule has 0 aliphatic carbocycles. The summed E-state index contributed by atoms with van der Waals surface area (Å²) >= 11 is 0. The lowest BCUT2D eigenvalue weighted by molar-refractivity contribution is 0.386. The largest absolute Gasteiger partial charge is 0.462 e. The summed E-state index contributed by atoms with van der Waals surface area (Å²) in [6.45, 7) is 0.856. The molecule has 0 aromatic carbocycles. The van der Waals surface area contributed by atoms with Crippen LogP contribution >= 0.6 is 0 Å². The first kappa shape index (κ1) is 6.77. The van der Waals surface area contributed by atoms with Gasteiger partial charge >= 0.3 is 0 Å². The topological polar surface area (TPSA) is 51.2 Å². The number of aromatic nitrogens is 1. The highest BCUT2D eigenvalue weighted by Gasteiger charge is 2.19. The molecule has 0 spiro atoms. The second kappa shape index (κ2) is 2.39. The van der Waals surface area contributed by atoms with Gasteiger partial charge in [0.25, 0.3) is 0 Å². The first-order chi connectivity index (χ1) is 6.45. The van der Waals surface area contributed by atoms with Gasteiger partial charge in [0.05, 0.1) is 23.7 Å². The number of fused-ring (bicyclic) bond motifs is 3. The van der Waals surface area contributed by atoms with Crippen LogP contribution in [0, 0.1) is 0 Å². The minimum atomic E-state index is 0.828. The van der Waals surface area contributed by atoms with Gasteiger partial charge in [-0.1, -0.05) is 5.16 Å². The lowest BCUT2D eigenvalue weighted by atomic mass is 10.2. The van der Waals surface area contributed by atoms with Gasteiger partial charge in [-0.05, 0) is 0 Å². The van der Waals surface area contributed by atoms with Crippen molar-refractivity contribution in [1.29, 1.82) is 0 Å². The van der Waals surface area contributed by atoms with E-state index in [2.05, 4.69) is 10.5 Å². The highest BCUT2D eigenvalue weighted by Crippen LogP contribution is 2.33. The number of nitrogens with zero attached hydrogens (tertiary/aromatic N) is 1. The summed E-state index contributed by atoms with van der Waals surface area (Å²) in [5, 5.41) is 7.02. The van der Waals surface area contributed by atoms with Crippen molar-refractivity contribution in [3.8, 4) is 11.3 Å². The van der Waals surface area contributed by atoms with Gasteiger partial charge in [-0.25, -0.2) is 0 Å². The number of rotatable bonds is 0. The Bertz CT molecular complexity index is 390. The molecule has 0 unspecified atom stereocenters. The van der Waals surface area contributed by atoms with Crippen molar-refractivity contribution in [1.82, 2.24) is 5.16 Å². The molecule has 2 aromatic heterocycles. The Morgan fingerprint density at radius 2 is 2.46 bits per heavy atom. The standard InChI is InChI=1S/C9H8N2O2/c1-3-10-7-2-4-12-9(7)6-5-11-13-8(1)6/h2,4-5,10H,1,3H2. The van der Waals surface area contributed by atoms with Gasteiger partial charge in [0.15, 0.2) is 5.76 Å². The van der Waals surface area contributed by atoms with E-state index in [1.807, 2.05) is 6.07 Å². The Kier molecular flexibility index (Phi) is 1.24.